The van der Waals surface area contributed by atoms with E-state index in [9.17, 15) is 9.59 Å². The Balaban J connectivity index is 1.19. The number of amides is 2. The predicted molar refractivity (Wildman–Crippen MR) is 106 cm³/mol. The Bertz CT molecular complexity index is 704. The van der Waals surface area contributed by atoms with Gasteiger partial charge in [0.25, 0.3) is 5.56 Å². The minimum atomic E-state index is -0.185. The lowest BCUT2D eigenvalue weighted by Crippen LogP contribution is -2.55. The van der Waals surface area contributed by atoms with Gasteiger partial charge in [-0.2, -0.15) is 0 Å². The summed E-state index contributed by atoms with van der Waals surface area (Å²) in [5, 5.41) is 3.20. The summed E-state index contributed by atoms with van der Waals surface area (Å²) < 4.78 is 5.73. The van der Waals surface area contributed by atoms with Crippen LogP contribution in [0.2, 0.25) is 0 Å². The van der Waals surface area contributed by atoms with Crippen LogP contribution in [-0.2, 0) is 4.74 Å². The van der Waals surface area contributed by atoms with Gasteiger partial charge in [0.2, 0.25) is 0 Å². The van der Waals surface area contributed by atoms with Gasteiger partial charge in [-0.3, -0.25) is 4.79 Å². The van der Waals surface area contributed by atoms with Crippen LogP contribution in [0.5, 0.6) is 0 Å². The fourth-order valence-electron chi connectivity index (χ4n) is 4.29. The van der Waals surface area contributed by atoms with Gasteiger partial charge in [0.1, 0.15) is 0 Å². The molecule has 1 aromatic rings. The molecule has 0 radical (unpaired) electrons. The highest BCUT2D eigenvalue weighted by Crippen LogP contribution is 2.17. The average Bonchev–Trinajstić information content (AvgIpc) is 3.23. The van der Waals surface area contributed by atoms with Gasteiger partial charge < -0.3 is 29.7 Å². The summed E-state index contributed by atoms with van der Waals surface area (Å²) in [7, 11) is 0. The second-order valence-electron chi connectivity index (χ2n) is 7.88. The van der Waals surface area contributed by atoms with E-state index < -0.39 is 0 Å². The first-order valence-corrected chi connectivity index (χ1v) is 10.4. The van der Waals surface area contributed by atoms with Gasteiger partial charge in [0, 0.05) is 70.9 Å². The first kappa shape index (κ1) is 19.2. The SMILES string of the molecule is O=C(NC1CCN(CC2CCCO2)CC1)N1CCN(c2ncc[nH]c2=O)CC1. The number of nitrogens with zero attached hydrogens (tertiary/aromatic N) is 4. The highest BCUT2D eigenvalue weighted by atomic mass is 16.5. The van der Waals surface area contributed by atoms with E-state index in [1.807, 2.05) is 9.80 Å². The van der Waals surface area contributed by atoms with Crippen molar-refractivity contribution < 1.29 is 9.53 Å². The zero-order valence-electron chi connectivity index (χ0n) is 16.3. The van der Waals surface area contributed by atoms with Crippen LogP contribution >= 0.6 is 0 Å². The van der Waals surface area contributed by atoms with Gasteiger partial charge in [-0.05, 0) is 25.7 Å². The van der Waals surface area contributed by atoms with Gasteiger partial charge >= 0.3 is 6.03 Å². The van der Waals surface area contributed by atoms with Crippen molar-refractivity contribution in [3.63, 3.8) is 0 Å². The van der Waals surface area contributed by atoms with Gasteiger partial charge in [-0.1, -0.05) is 0 Å². The first-order valence-electron chi connectivity index (χ1n) is 10.4. The van der Waals surface area contributed by atoms with Gasteiger partial charge in [-0.25, -0.2) is 9.78 Å². The quantitative estimate of drug-likeness (QED) is 0.765. The van der Waals surface area contributed by atoms with Crippen LogP contribution in [0.4, 0.5) is 10.6 Å². The highest BCUT2D eigenvalue weighted by molar-refractivity contribution is 5.74. The summed E-state index contributed by atoms with van der Waals surface area (Å²) in [6.45, 7) is 6.39. The number of H-pyrrole nitrogens is 1. The molecule has 9 nitrogen and oxygen atoms in total. The van der Waals surface area contributed by atoms with E-state index in [-0.39, 0.29) is 17.6 Å². The number of urea groups is 1. The largest absolute Gasteiger partial charge is 0.377 e. The maximum atomic E-state index is 12.6. The zero-order chi connectivity index (χ0) is 19.3. The average molecular weight is 390 g/mol. The Morgan fingerprint density at radius 1 is 1.18 bits per heavy atom. The van der Waals surface area contributed by atoms with E-state index in [0.29, 0.717) is 38.1 Å². The number of ether oxygens (including phenoxy) is 1. The smallest absolute Gasteiger partial charge is 0.317 e. The summed E-state index contributed by atoms with van der Waals surface area (Å²) in [5.41, 5.74) is -0.185. The van der Waals surface area contributed by atoms with Crippen LogP contribution in [0.15, 0.2) is 17.2 Å². The topological polar surface area (TPSA) is 93.8 Å². The maximum Gasteiger partial charge on any atom is 0.317 e. The van der Waals surface area contributed by atoms with Crippen LogP contribution in [0.25, 0.3) is 0 Å². The molecule has 0 aromatic carbocycles. The minimum absolute atomic E-state index is 0.00663. The number of anilines is 1. The van der Waals surface area contributed by atoms with Crippen molar-refractivity contribution >= 4 is 11.8 Å². The van der Waals surface area contributed by atoms with Crippen LogP contribution < -0.4 is 15.8 Å². The van der Waals surface area contributed by atoms with Gasteiger partial charge in [0.15, 0.2) is 5.82 Å². The second kappa shape index (κ2) is 8.91. The van der Waals surface area contributed by atoms with Crippen LogP contribution in [0.3, 0.4) is 0 Å². The molecule has 3 aliphatic heterocycles. The monoisotopic (exact) mass is 390 g/mol. The Hall–Kier alpha value is -2.13. The summed E-state index contributed by atoms with van der Waals surface area (Å²) in [6, 6.07) is 0.247. The van der Waals surface area contributed by atoms with Crippen molar-refractivity contribution in [3.8, 4) is 0 Å². The molecule has 1 atom stereocenters. The summed E-state index contributed by atoms with van der Waals surface area (Å²) in [6.07, 6.45) is 7.84. The number of hydrogen-bond acceptors (Lipinski definition) is 6. The molecule has 28 heavy (non-hydrogen) atoms. The molecule has 0 aliphatic carbocycles. The Morgan fingerprint density at radius 2 is 1.96 bits per heavy atom. The number of piperidine rings is 1. The Labute approximate surface area is 165 Å². The van der Waals surface area contributed by atoms with Crippen molar-refractivity contribution in [2.75, 3.05) is 57.3 Å². The summed E-state index contributed by atoms with van der Waals surface area (Å²) >= 11 is 0. The molecule has 1 aromatic heterocycles. The number of rotatable bonds is 4. The molecular weight excluding hydrogens is 360 g/mol. The van der Waals surface area contributed by atoms with Crippen LogP contribution in [0.1, 0.15) is 25.7 Å². The molecule has 0 saturated carbocycles. The fourth-order valence-corrected chi connectivity index (χ4v) is 4.29. The maximum absolute atomic E-state index is 12.6. The van der Waals surface area contributed by atoms with E-state index in [4.69, 9.17) is 4.74 Å². The van der Waals surface area contributed by atoms with Crippen molar-refractivity contribution in [1.82, 2.24) is 25.1 Å². The lowest BCUT2D eigenvalue weighted by Gasteiger charge is -2.37. The molecule has 154 valence electrons. The molecule has 2 N–H and O–H groups in total. The normalized spacial score (nSPS) is 24.5. The Morgan fingerprint density at radius 3 is 2.64 bits per heavy atom. The fraction of sp³-hybridized carbons (Fsp3) is 0.737. The highest BCUT2D eigenvalue weighted by Gasteiger charge is 2.27. The summed E-state index contributed by atoms with van der Waals surface area (Å²) in [4.78, 5) is 37.5. The minimum Gasteiger partial charge on any atom is -0.377 e. The molecule has 3 aliphatic rings. The van der Waals surface area contributed by atoms with Crippen molar-refractivity contribution in [2.24, 2.45) is 0 Å². The second-order valence-corrected chi connectivity index (χ2v) is 7.88. The lowest BCUT2D eigenvalue weighted by molar-refractivity contribution is 0.0628. The number of piperazine rings is 1. The number of carbonyl (C=O) groups is 1. The number of carbonyl (C=O) groups excluding carboxylic acids is 1. The molecule has 1 unspecified atom stereocenters. The zero-order valence-corrected chi connectivity index (χ0v) is 16.3. The Kier molecular flexibility index (Phi) is 6.11. The molecule has 9 heteroatoms. The predicted octanol–water partition coefficient (Wildman–Crippen LogP) is 0.245. The van der Waals surface area contributed by atoms with Crippen LogP contribution in [-0.4, -0.2) is 90.4 Å². The van der Waals surface area contributed by atoms with Crippen LogP contribution in [0, 0.1) is 0 Å². The molecule has 3 fully saturated rings. The number of aromatic amines is 1. The third-order valence-corrected chi connectivity index (χ3v) is 5.96. The number of nitrogens with one attached hydrogen (secondary N) is 2. The van der Waals surface area contributed by atoms with E-state index >= 15 is 0 Å². The standard InChI is InChI=1S/C19H30N6O3/c26-18-17(20-5-6-21-18)24-9-11-25(12-10-24)19(27)22-15-3-7-23(8-4-15)14-16-2-1-13-28-16/h5-6,15-16H,1-4,7-14H2,(H,21,26)(H,22,27). The molecule has 2 amide bonds. The lowest BCUT2D eigenvalue weighted by atomic mass is 10.0. The van der Waals surface area contributed by atoms with Crippen molar-refractivity contribution in [2.45, 2.75) is 37.8 Å². The number of aromatic nitrogens is 2. The van der Waals surface area contributed by atoms with E-state index in [1.54, 1.807) is 6.20 Å². The van der Waals surface area contributed by atoms with E-state index in [2.05, 4.69) is 20.2 Å². The van der Waals surface area contributed by atoms with Crippen molar-refractivity contribution in [1.29, 1.82) is 0 Å². The van der Waals surface area contributed by atoms with Crippen molar-refractivity contribution in [3.05, 3.63) is 22.7 Å². The molecule has 4 rings (SSSR count). The van der Waals surface area contributed by atoms with Gasteiger partial charge in [0.05, 0.1) is 6.10 Å². The molecular formula is C19H30N6O3. The van der Waals surface area contributed by atoms with Gasteiger partial charge in [-0.15, -0.1) is 0 Å². The van der Waals surface area contributed by atoms with E-state index in [0.717, 1.165) is 39.1 Å². The third-order valence-electron chi connectivity index (χ3n) is 5.96. The molecule has 0 spiro atoms. The number of hydrogen-bond donors (Lipinski definition) is 2. The first-order chi connectivity index (χ1) is 13.7. The third kappa shape index (κ3) is 4.64. The summed E-state index contributed by atoms with van der Waals surface area (Å²) in [5.74, 6) is 0.432. The molecule has 0 bridgehead atoms. The molecule has 3 saturated heterocycles. The van der Waals surface area contributed by atoms with E-state index in [1.165, 1.54) is 19.0 Å². The number of likely N-dealkylation sites (tertiary alicyclic amines) is 1. The molecule has 4 heterocycles.